The number of aromatic nitrogens is 2. The zero-order chi connectivity index (χ0) is 22.7. The number of imidazole rings is 1. The molecule has 0 radical (unpaired) electrons. The molecule has 0 saturated heterocycles. The van der Waals surface area contributed by atoms with Crippen molar-refractivity contribution in [1.29, 1.82) is 5.41 Å². The van der Waals surface area contributed by atoms with Crippen LogP contribution in [0, 0.1) is 19.3 Å². The number of aryl methyl sites for hydroxylation is 2. The number of hydrogen-bond donors (Lipinski definition) is 3. The van der Waals surface area contributed by atoms with Crippen LogP contribution in [0.4, 0.5) is 4.79 Å². The maximum atomic E-state index is 11.5. The normalized spacial score (nSPS) is 12.1. The molecular weight excluding hydrogens is 398 g/mol. The minimum absolute atomic E-state index is 0.151. The number of nitrogens with two attached hydrogens (primary N) is 1. The minimum atomic E-state index is -0.561. The third-order valence-electron chi connectivity index (χ3n) is 5.85. The third kappa shape index (κ3) is 4.59. The zero-order valence-corrected chi connectivity index (χ0v) is 18.5. The summed E-state index contributed by atoms with van der Waals surface area (Å²) in [5, 5.41) is 11.8. The van der Waals surface area contributed by atoms with E-state index >= 15 is 0 Å². The van der Waals surface area contributed by atoms with Crippen LogP contribution in [0.5, 0.6) is 0 Å². The standard InChI is InChI=1S/C26H29N5O/c1-18-7-11-20(12-8-18)15-22(16-29-25(27)32)31-24-6-4-3-5-23(24)30(26(31)28)17-21-13-9-19(2)10-14-21/h3-14,22,28H,15-17H2,1-2H3,(H3,27,29,32). The second kappa shape index (κ2) is 9.14. The largest absolute Gasteiger partial charge is 0.352 e. The van der Waals surface area contributed by atoms with Crippen molar-refractivity contribution in [1.82, 2.24) is 14.5 Å². The predicted molar refractivity (Wildman–Crippen MR) is 128 cm³/mol. The number of carbonyl (C=O) groups is 1. The predicted octanol–water partition coefficient (Wildman–Crippen LogP) is 4.04. The van der Waals surface area contributed by atoms with Crippen molar-refractivity contribution >= 4 is 17.1 Å². The van der Waals surface area contributed by atoms with Gasteiger partial charge in [0.1, 0.15) is 0 Å². The summed E-state index contributed by atoms with van der Waals surface area (Å²) in [6.07, 6.45) is 0.676. The molecule has 0 aliphatic carbocycles. The number of amides is 2. The number of urea groups is 1. The molecule has 0 fully saturated rings. The van der Waals surface area contributed by atoms with E-state index < -0.39 is 6.03 Å². The maximum absolute atomic E-state index is 11.5. The maximum Gasteiger partial charge on any atom is 0.312 e. The number of carbonyl (C=O) groups excluding carboxylic acids is 1. The van der Waals surface area contributed by atoms with Crippen molar-refractivity contribution in [3.05, 3.63) is 101 Å². The molecule has 0 saturated carbocycles. The lowest BCUT2D eigenvalue weighted by Crippen LogP contribution is -2.38. The first-order valence-electron chi connectivity index (χ1n) is 10.8. The van der Waals surface area contributed by atoms with Crippen LogP contribution in [0.3, 0.4) is 0 Å². The summed E-state index contributed by atoms with van der Waals surface area (Å²) in [5.74, 6) is 0. The summed E-state index contributed by atoms with van der Waals surface area (Å²) >= 11 is 0. The van der Waals surface area contributed by atoms with E-state index in [9.17, 15) is 4.79 Å². The SMILES string of the molecule is Cc1ccc(CC(CNC(N)=O)n2c(=N)n(Cc3ccc(C)cc3)c3ccccc32)cc1. The molecule has 1 unspecified atom stereocenters. The van der Waals surface area contributed by atoms with Gasteiger partial charge in [-0.1, -0.05) is 71.8 Å². The highest BCUT2D eigenvalue weighted by Crippen LogP contribution is 2.21. The Kier molecular flexibility index (Phi) is 6.12. The smallest absolute Gasteiger partial charge is 0.312 e. The molecule has 0 bridgehead atoms. The van der Waals surface area contributed by atoms with Gasteiger partial charge in [0, 0.05) is 6.54 Å². The molecule has 1 atom stereocenters. The van der Waals surface area contributed by atoms with Crippen LogP contribution in [0.2, 0.25) is 0 Å². The number of nitrogens with zero attached hydrogens (tertiary/aromatic N) is 2. The number of benzene rings is 3. The molecule has 4 aromatic rings. The fourth-order valence-corrected chi connectivity index (χ4v) is 4.13. The number of hydrogen-bond acceptors (Lipinski definition) is 2. The van der Waals surface area contributed by atoms with Crippen LogP contribution in [0.25, 0.3) is 11.0 Å². The molecule has 0 spiro atoms. The molecule has 1 heterocycles. The summed E-state index contributed by atoms with van der Waals surface area (Å²) < 4.78 is 4.03. The number of primary amides is 1. The fraction of sp³-hybridized carbons (Fsp3) is 0.231. The Morgan fingerprint density at radius 3 is 2.06 bits per heavy atom. The van der Waals surface area contributed by atoms with Crippen LogP contribution < -0.4 is 16.7 Å². The lowest BCUT2D eigenvalue weighted by molar-refractivity contribution is 0.247. The van der Waals surface area contributed by atoms with Gasteiger partial charge in [-0.05, 0) is 43.5 Å². The molecule has 4 rings (SSSR count). The summed E-state index contributed by atoms with van der Waals surface area (Å²) in [6.45, 7) is 5.08. The number of fused-ring (bicyclic) bond motifs is 1. The second-order valence-corrected chi connectivity index (χ2v) is 8.34. The van der Waals surface area contributed by atoms with Gasteiger partial charge in [0.15, 0.2) is 0 Å². The third-order valence-corrected chi connectivity index (χ3v) is 5.85. The van der Waals surface area contributed by atoms with Gasteiger partial charge >= 0.3 is 6.03 Å². The highest BCUT2D eigenvalue weighted by Gasteiger charge is 2.20. The van der Waals surface area contributed by atoms with E-state index in [-0.39, 0.29) is 6.04 Å². The first-order valence-corrected chi connectivity index (χ1v) is 10.8. The average Bonchev–Trinajstić information content (AvgIpc) is 3.05. The molecule has 3 aromatic carbocycles. The molecule has 1 aromatic heterocycles. The van der Waals surface area contributed by atoms with E-state index in [1.165, 1.54) is 11.1 Å². The molecule has 6 heteroatoms. The Balaban J connectivity index is 1.79. The van der Waals surface area contributed by atoms with Gasteiger partial charge in [-0.25, -0.2) is 4.79 Å². The highest BCUT2D eigenvalue weighted by atomic mass is 16.2. The van der Waals surface area contributed by atoms with Crippen LogP contribution in [0.15, 0.2) is 72.8 Å². The molecule has 2 amide bonds. The van der Waals surface area contributed by atoms with Gasteiger partial charge in [-0.2, -0.15) is 0 Å². The van der Waals surface area contributed by atoms with Crippen molar-refractivity contribution in [2.24, 2.45) is 5.73 Å². The monoisotopic (exact) mass is 427 g/mol. The number of nitrogens with one attached hydrogen (secondary N) is 2. The fourth-order valence-electron chi connectivity index (χ4n) is 4.13. The molecular formula is C26H29N5O. The highest BCUT2D eigenvalue weighted by molar-refractivity contribution is 5.76. The first kappa shape index (κ1) is 21.4. The number of rotatable bonds is 7. The van der Waals surface area contributed by atoms with E-state index in [0.717, 1.165) is 22.2 Å². The minimum Gasteiger partial charge on any atom is -0.352 e. The summed E-state index contributed by atoms with van der Waals surface area (Å²) in [4.78, 5) is 11.5. The lowest BCUT2D eigenvalue weighted by Gasteiger charge is -2.20. The average molecular weight is 428 g/mol. The van der Waals surface area contributed by atoms with E-state index in [2.05, 4.69) is 67.7 Å². The summed E-state index contributed by atoms with van der Waals surface area (Å²) in [5.41, 5.74) is 12.4. The van der Waals surface area contributed by atoms with Crippen molar-refractivity contribution in [3.63, 3.8) is 0 Å². The summed E-state index contributed by atoms with van der Waals surface area (Å²) in [7, 11) is 0. The zero-order valence-electron chi connectivity index (χ0n) is 18.5. The van der Waals surface area contributed by atoms with Crippen LogP contribution in [-0.2, 0) is 13.0 Å². The van der Waals surface area contributed by atoms with Crippen molar-refractivity contribution < 1.29 is 4.79 Å². The Hall–Kier alpha value is -3.80. The van der Waals surface area contributed by atoms with E-state index in [4.69, 9.17) is 11.1 Å². The topological polar surface area (TPSA) is 88.8 Å². The number of para-hydroxylation sites is 2. The van der Waals surface area contributed by atoms with E-state index in [0.29, 0.717) is 25.1 Å². The lowest BCUT2D eigenvalue weighted by atomic mass is 10.0. The van der Waals surface area contributed by atoms with Gasteiger partial charge in [0.05, 0.1) is 23.6 Å². The second-order valence-electron chi connectivity index (χ2n) is 8.34. The quantitative estimate of drug-likeness (QED) is 0.408. The van der Waals surface area contributed by atoms with Crippen LogP contribution in [-0.4, -0.2) is 21.7 Å². The Morgan fingerprint density at radius 2 is 1.47 bits per heavy atom. The van der Waals surface area contributed by atoms with Crippen LogP contribution in [0.1, 0.15) is 28.3 Å². The summed E-state index contributed by atoms with van der Waals surface area (Å²) in [6, 6.07) is 24.1. The molecule has 0 aliphatic rings. The van der Waals surface area contributed by atoms with E-state index in [1.807, 2.05) is 33.4 Å². The van der Waals surface area contributed by atoms with Crippen LogP contribution >= 0.6 is 0 Å². The molecule has 164 valence electrons. The first-order chi connectivity index (χ1) is 15.4. The van der Waals surface area contributed by atoms with Gasteiger partial charge in [0.2, 0.25) is 5.62 Å². The van der Waals surface area contributed by atoms with Crippen molar-refractivity contribution in [2.45, 2.75) is 32.9 Å². The van der Waals surface area contributed by atoms with Gasteiger partial charge < -0.3 is 20.2 Å². The Bertz CT molecular complexity index is 1280. The van der Waals surface area contributed by atoms with Gasteiger partial charge in [-0.15, -0.1) is 0 Å². The molecule has 4 N–H and O–H groups in total. The Morgan fingerprint density at radius 1 is 0.906 bits per heavy atom. The van der Waals surface area contributed by atoms with E-state index in [1.54, 1.807) is 0 Å². The Labute approximate surface area is 187 Å². The van der Waals surface area contributed by atoms with Gasteiger partial charge in [0.25, 0.3) is 0 Å². The van der Waals surface area contributed by atoms with Gasteiger partial charge in [-0.3, -0.25) is 5.41 Å². The van der Waals surface area contributed by atoms with Crippen molar-refractivity contribution in [2.75, 3.05) is 6.54 Å². The van der Waals surface area contributed by atoms with Crippen molar-refractivity contribution in [3.8, 4) is 0 Å². The molecule has 6 nitrogen and oxygen atoms in total. The molecule has 0 aliphatic heterocycles. The molecule has 32 heavy (non-hydrogen) atoms.